The summed E-state index contributed by atoms with van der Waals surface area (Å²) in [5.74, 6) is -0.532. The van der Waals surface area contributed by atoms with Crippen molar-refractivity contribution < 1.29 is 9.18 Å². The van der Waals surface area contributed by atoms with E-state index < -0.39 is 0 Å². The van der Waals surface area contributed by atoms with Crippen LogP contribution in [-0.4, -0.2) is 18.5 Å². The van der Waals surface area contributed by atoms with E-state index in [4.69, 9.17) is 0 Å². The van der Waals surface area contributed by atoms with Crippen molar-refractivity contribution in [2.45, 2.75) is 19.4 Å². The zero-order valence-electron chi connectivity index (χ0n) is 11.2. The maximum absolute atomic E-state index is 13.0. The Balaban J connectivity index is 1.74. The molecule has 1 aromatic heterocycles. The summed E-state index contributed by atoms with van der Waals surface area (Å²) in [5.41, 5.74) is 0.475. The Hall–Kier alpha value is -1.72. The van der Waals surface area contributed by atoms with Crippen molar-refractivity contribution in [3.8, 4) is 0 Å². The summed E-state index contributed by atoms with van der Waals surface area (Å²) in [4.78, 5) is 13.0. The van der Waals surface area contributed by atoms with Crippen LogP contribution in [0, 0.1) is 5.82 Å². The number of carbonyl (C=O) groups excluding carboxylic acids is 1. The largest absolute Gasteiger partial charge is 0.325 e. The van der Waals surface area contributed by atoms with Gasteiger partial charge in [-0.2, -0.15) is 0 Å². The Labute approximate surface area is 121 Å². The van der Waals surface area contributed by atoms with Crippen LogP contribution >= 0.6 is 11.3 Å². The molecule has 1 amide bonds. The lowest BCUT2D eigenvalue weighted by molar-refractivity contribution is -0.115. The maximum Gasteiger partial charge on any atom is 0.238 e. The van der Waals surface area contributed by atoms with E-state index in [9.17, 15) is 9.18 Å². The first-order chi connectivity index (χ1) is 9.63. The average molecular weight is 292 g/mol. The van der Waals surface area contributed by atoms with Crippen molar-refractivity contribution in [2.75, 3.05) is 11.9 Å². The van der Waals surface area contributed by atoms with Crippen LogP contribution in [0.3, 0.4) is 0 Å². The SMILES string of the molecule is CC(Cc1cccs1)NCC(=O)Nc1cccc(F)c1. The van der Waals surface area contributed by atoms with E-state index in [1.807, 2.05) is 18.4 Å². The number of amides is 1. The standard InChI is InChI=1S/C15H17FN2OS/c1-11(8-14-6-3-7-20-14)17-10-15(19)18-13-5-2-4-12(16)9-13/h2-7,9,11,17H,8,10H2,1H3,(H,18,19). The normalized spacial score (nSPS) is 12.1. The topological polar surface area (TPSA) is 41.1 Å². The fraction of sp³-hybridized carbons (Fsp3) is 0.267. The van der Waals surface area contributed by atoms with E-state index in [1.54, 1.807) is 23.5 Å². The molecule has 0 bridgehead atoms. The second kappa shape index (κ2) is 7.17. The van der Waals surface area contributed by atoms with Gasteiger partial charge in [0, 0.05) is 16.6 Å². The molecule has 0 saturated heterocycles. The van der Waals surface area contributed by atoms with E-state index in [-0.39, 0.29) is 24.3 Å². The lowest BCUT2D eigenvalue weighted by Crippen LogP contribution is -2.35. The van der Waals surface area contributed by atoms with Gasteiger partial charge in [0.2, 0.25) is 5.91 Å². The third-order valence-corrected chi connectivity index (χ3v) is 3.71. The van der Waals surface area contributed by atoms with Gasteiger partial charge < -0.3 is 10.6 Å². The van der Waals surface area contributed by atoms with Crippen molar-refractivity contribution in [1.29, 1.82) is 0 Å². The summed E-state index contributed by atoms with van der Waals surface area (Å²) in [6.45, 7) is 2.25. The highest BCUT2D eigenvalue weighted by molar-refractivity contribution is 7.09. The average Bonchev–Trinajstić information content (AvgIpc) is 2.89. The Morgan fingerprint density at radius 2 is 2.20 bits per heavy atom. The predicted molar refractivity (Wildman–Crippen MR) is 80.5 cm³/mol. The number of thiophene rings is 1. The number of rotatable bonds is 6. The van der Waals surface area contributed by atoms with Crippen LogP contribution < -0.4 is 10.6 Å². The van der Waals surface area contributed by atoms with Crippen molar-refractivity contribution >= 4 is 22.9 Å². The van der Waals surface area contributed by atoms with Crippen LogP contribution in [0.4, 0.5) is 10.1 Å². The minimum Gasteiger partial charge on any atom is -0.325 e. The summed E-state index contributed by atoms with van der Waals surface area (Å²) in [6, 6.07) is 10.2. The zero-order valence-corrected chi connectivity index (χ0v) is 12.0. The molecule has 1 heterocycles. The van der Waals surface area contributed by atoms with Gasteiger partial charge in [0.15, 0.2) is 0 Å². The molecule has 0 aliphatic heterocycles. The molecule has 1 unspecified atom stereocenters. The molecular formula is C15H17FN2OS. The number of hydrogen-bond acceptors (Lipinski definition) is 3. The Bertz CT molecular complexity index is 557. The van der Waals surface area contributed by atoms with Crippen LogP contribution in [0.1, 0.15) is 11.8 Å². The van der Waals surface area contributed by atoms with Gasteiger partial charge in [0.1, 0.15) is 5.82 Å². The van der Waals surface area contributed by atoms with Crippen LogP contribution in [-0.2, 0) is 11.2 Å². The second-order valence-corrected chi connectivity index (χ2v) is 5.66. The summed E-state index contributed by atoms with van der Waals surface area (Å²) in [7, 11) is 0. The van der Waals surface area contributed by atoms with Gasteiger partial charge in [-0.15, -0.1) is 11.3 Å². The molecule has 2 rings (SSSR count). The highest BCUT2D eigenvalue weighted by atomic mass is 32.1. The van der Waals surface area contributed by atoms with Gasteiger partial charge in [0.25, 0.3) is 0 Å². The summed E-state index contributed by atoms with van der Waals surface area (Å²) in [5, 5.41) is 7.85. The number of anilines is 1. The zero-order chi connectivity index (χ0) is 14.4. The highest BCUT2D eigenvalue weighted by Crippen LogP contribution is 2.11. The molecule has 1 atom stereocenters. The molecule has 0 aliphatic carbocycles. The first kappa shape index (κ1) is 14.7. The fourth-order valence-electron chi connectivity index (χ4n) is 1.84. The lowest BCUT2D eigenvalue weighted by atomic mass is 10.2. The molecule has 0 saturated carbocycles. The molecule has 3 nitrogen and oxygen atoms in total. The summed E-state index contributed by atoms with van der Waals surface area (Å²) < 4.78 is 13.0. The van der Waals surface area contributed by atoms with Crippen molar-refractivity contribution in [3.05, 3.63) is 52.5 Å². The lowest BCUT2D eigenvalue weighted by Gasteiger charge is -2.12. The molecule has 2 N–H and O–H groups in total. The van der Waals surface area contributed by atoms with E-state index >= 15 is 0 Å². The van der Waals surface area contributed by atoms with Gasteiger partial charge >= 0.3 is 0 Å². The van der Waals surface area contributed by atoms with Gasteiger partial charge in [0.05, 0.1) is 6.54 Å². The van der Waals surface area contributed by atoms with Crippen molar-refractivity contribution in [2.24, 2.45) is 0 Å². The maximum atomic E-state index is 13.0. The van der Waals surface area contributed by atoms with E-state index in [0.29, 0.717) is 5.69 Å². The Kier molecular flexibility index (Phi) is 5.26. The third kappa shape index (κ3) is 4.75. The van der Waals surface area contributed by atoms with E-state index in [2.05, 4.69) is 16.7 Å². The minimum atomic E-state index is -0.359. The molecule has 20 heavy (non-hydrogen) atoms. The number of halogens is 1. The first-order valence-electron chi connectivity index (χ1n) is 6.44. The number of hydrogen-bond donors (Lipinski definition) is 2. The molecule has 106 valence electrons. The molecule has 2 aromatic rings. The van der Waals surface area contributed by atoms with Gasteiger partial charge in [-0.25, -0.2) is 4.39 Å². The summed E-state index contributed by atoms with van der Waals surface area (Å²) in [6.07, 6.45) is 0.894. The van der Waals surface area contributed by atoms with Crippen LogP contribution in [0.15, 0.2) is 41.8 Å². The first-order valence-corrected chi connectivity index (χ1v) is 7.32. The quantitative estimate of drug-likeness (QED) is 0.859. The van der Waals surface area contributed by atoms with Gasteiger partial charge in [-0.05, 0) is 43.0 Å². The predicted octanol–water partition coefficient (Wildman–Crippen LogP) is 3.05. The van der Waals surface area contributed by atoms with Gasteiger partial charge in [-0.1, -0.05) is 12.1 Å². The molecule has 0 spiro atoms. The highest BCUT2D eigenvalue weighted by Gasteiger charge is 2.07. The molecular weight excluding hydrogens is 275 g/mol. The second-order valence-electron chi connectivity index (χ2n) is 4.62. The Morgan fingerprint density at radius 3 is 2.90 bits per heavy atom. The van der Waals surface area contributed by atoms with Crippen molar-refractivity contribution in [1.82, 2.24) is 5.32 Å². The van der Waals surface area contributed by atoms with Crippen molar-refractivity contribution in [3.63, 3.8) is 0 Å². The fourth-order valence-corrected chi connectivity index (χ4v) is 2.68. The number of carbonyl (C=O) groups is 1. The molecule has 5 heteroatoms. The number of nitrogens with one attached hydrogen (secondary N) is 2. The molecule has 1 aromatic carbocycles. The van der Waals surface area contributed by atoms with Crippen LogP contribution in [0.2, 0.25) is 0 Å². The van der Waals surface area contributed by atoms with Crippen LogP contribution in [0.25, 0.3) is 0 Å². The van der Waals surface area contributed by atoms with Crippen LogP contribution in [0.5, 0.6) is 0 Å². The molecule has 0 aliphatic rings. The molecule has 0 radical (unpaired) electrons. The third-order valence-electron chi connectivity index (χ3n) is 2.81. The monoisotopic (exact) mass is 292 g/mol. The van der Waals surface area contributed by atoms with E-state index in [1.165, 1.54) is 17.0 Å². The smallest absolute Gasteiger partial charge is 0.238 e. The summed E-state index contributed by atoms with van der Waals surface area (Å²) >= 11 is 1.71. The minimum absolute atomic E-state index is 0.173. The Morgan fingerprint density at radius 1 is 1.35 bits per heavy atom. The number of benzene rings is 1. The van der Waals surface area contributed by atoms with E-state index in [0.717, 1.165) is 6.42 Å². The molecule has 0 fully saturated rings. The van der Waals surface area contributed by atoms with Gasteiger partial charge in [-0.3, -0.25) is 4.79 Å².